The highest BCUT2D eigenvalue weighted by molar-refractivity contribution is 6.34. The van der Waals surface area contributed by atoms with Crippen LogP contribution in [0.1, 0.15) is 5.56 Å². The Morgan fingerprint density at radius 2 is 1.67 bits per heavy atom. The lowest BCUT2D eigenvalue weighted by molar-refractivity contribution is 1.33. The average molecular weight is 254 g/mol. The van der Waals surface area contributed by atoms with Crippen LogP contribution in [-0.4, -0.2) is 4.98 Å². The van der Waals surface area contributed by atoms with Gasteiger partial charge < -0.3 is 0 Å². The van der Waals surface area contributed by atoms with E-state index in [0.717, 1.165) is 22.0 Å². The van der Waals surface area contributed by atoms with E-state index in [1.807, 2.05) is 30.3 Å². The van der Waals surface area contributed by atoms with Crippen LogP contribution in [0.5, 0.6) is 0 Å². The van der Waals surface area contributed by atoms with Gasteiger partial charge in [-0.1, -0.05) is 60.1 Å². The minimum atomic E-state index is 0.561. The number of aryl methyl sites for hydroxylation is 1. The fourth-order valence-electron chi connectivity index (χ4n) is 2.15. The second-order valence-electron chi connectivity index (χ2n) is 4.33. The van der Waals surface area contributed by atoms with Crippen molar-refractivity contribution in [3.05, 3.63) is 65.3 Å². The van der Waals surface area contributed by atoms with E-state index in [2.05, 4.69) is 36.2 Å². The lowest BCUT2D eigenvalue weighted by Gasteiger charge is -2.07. The number of nitrogens with zero attached hydrogens (tertiary/aromatic N) is 1. The van der Waals surface area contributed by atoms with Crippen LogP contribution >= 0.6 is 11.6 Å². The molecule has 2 aromatic carbocycles. The lowest BCUT2D eigenvalue weighted by Crippen LogP contribution is -1.88. The maximum absolute atomic E-state index is 6.25. The van der Waals surface area contributed by atoms with Gasteiger partial charge in [-0.25, -0.2) is 4.98 Å². The molecule has 1 heterocycles. The second-order valence-corrected chi connectivity index (χ2v) is 4.69. The Hall–Kier alpha value is -1.86. The summed E-state index contributed by atoms with van der Waals surface area (Å²) in [7, 11) is 0. The molecular weight excluding hydrogens is 242 g/mol. The van der Waals surface area contributed by atoms with Gasteiger partial charge in [-0.2, -0.15) is 0 Å². The topological polar surface area (TPSA) is 12.9 Å². The number of hydrogen-bond acceptors (Lipinski definition) is 1. The molecule has 0 amide bonds. The molecule has 0 aliphatic rings. The Kier molecular flexibility index (Phi) is 2.77. The minimum absolute atomic E-state index is 0.561. The van der Waals surface area contributed by atoms with Crippen molar-refractivity contribution < 1.29 is 0 Å². The molecule has 0 N–H and O–H groups in total. The van der Waals surface area contributed by atoms with E-state index in [4.69, 9.17) is 11.6 Å². The Balaban J connectivity index is 2.28. The molecule has 0 saturated carbocycles. The van der Waals surface area contributed by atoms with Crippen LogP contribution in [0.3, 0.4) is 0 Å². The van der Waals surface area contributed by atoms with Gasteiger partial charge in [0.05, 0.1) is 5.69 Å². The molecule has 0 saturated heterocycles. The zero-order chi connectivity index (χ0) is 12.5. The molecule has 18 heavy (non-hydrogen) atoms. The summed E-state index contributed by atoms with van der Waals surface area (Å²) in [6.07, 6.45) is 0. The third-order valence-corrected chi connectivity index (χ3v) is 3.40. The predicted molar refractivity (Wildman–Crippen MR) is 76.9 cm³/mol. The molecule has 0 fully saturated rings. The van der Waals surface area contributed by atoms with E-state index in [0.29, 0.717) is 5.15 Å². The van der Waals surface area contributed by atoms with Crippen LogP contribution in [0.25, 0.3) is 22.0 Å². The highest BCUT2D eigenvalue weighted by Crippen LogP contribution is 2.28. The molecule has 1 nitrogen and oxygen atoms in total. The van der Waals surface area contributed by atoms with Crippen molar-refractivity contribution in [1.82, 2.24) is 4.98 Å². The van der Waals surface area contributed by atoms with Gasteiger partial charge in [0.1, 0.15) is 5.15 Å². The van der Waals surface area contributed by atoms with Crippen LogP contribution in [0.15, 0.2) is 54.6 Å². The van der Waals surface area contributed by atoms with Crippen molar-refractivity contribution in [3.8, 4) is 11.3 Å². The monoisotopic (exact) mass is 253 g/mol. The molecule has 3 rings (SSSR count). The molecule has 88 valence electrons. The Morgan fingerprint density at radius 1 is 0.944 bits per heavy atom. The van der Waals surface area contributed by atoms with Gasteiger partial charge in [-0.05, 0) is 23.9 Å². The Bertz CT molecular complexity index is 719. The first kappa shape index (κ1) is 11.2. The van der Waals surface area contributed by atoms with Crippen LogP contribution < -0.4 is 0 Å². The van der Waals surface area contributed by atoms with E-state index in [9.17, 15) is 0 Å². The summed E-state index contributed by atoms with van der Waals surface area (Å²) < 4.78 is 0. The van der Waals surface area contributed by atoms with Gasteiger partial charge in [-0.15, -0.1) is 0 Å². The molecule has 1 aromatic heterocycles. The molecule has 0 atom stereocenters. The van der Waals surface area contributed by atoms with E-state index in [1.165, 1.54) is 5.56 Å². The summed E-state index contributed by atoms with van der Waals surface area (Å²) in [6.45, 7) is 2.08. The number of aromatic nitrogens is 1. The maximum atomic E-state index is 6.25. The highest BCUT2D eigenvalue weighted by Gasteiger charge is 2.07. The SMILES string of the molecule is Cc1ccccc1-c1cc2ccccc2c(Cl)n1. The molecule has 0 radical (unpaired) electrons. The van der Waals surface area contributed by atoms with Gasteiger partial charge in [0, 0.05) is 10.9 Å². The van der Waals surface area contributed by atoms with Crippen LogP contribution in [0.2, 0.25) is 5.15 Å². The largest absolute Gasteiger partial charge is 0.235 e. The molecule has 0 unspecified atom stereocenters. The van der Waals surface area contributed by atoms with Crippen molar-refractivity contribution in [2.24, 2.45) is 0 Å². The van der Waals surface area contributed by atoms with Gasteiger partial charge in [-0.3, -0.25) is 0 Å². The average Bonchev–Trinajstić information content (AvgIpc) is 2.39. The van der Waals surface area contributed by atoms with Gasteiger partial charge in [0.25, 0.3) is 0 Å². The first-order chi connectivity index (χ1) is 8.75. The molecule has 0 aliphatic carbocycles. The predicted octanol–water partition coefficient (Wildman–Crippen LogP) is 4.86. The maximum Gasteiger partial charge on any atom is 0.137 e. The fraction of sp³-hybridized carbons (Fsp3) is 0.0625. The van der Waals surface area contributed by atoms with Crippen molar-refractivity contribution in [2.45, 2.75) is 6.92 Å². The number of rotatable bonds is 1. The zero-order valence-corrected chi connectivity index (χ0v) is 10.8. The summed E-state index contributed by atoms with van der Waals surface area (Å²) >= 11 is 6.25. The third kappa shape index (κ3) is 1.87. The van der Waals surface area contributed by atoms with Crippen LogP contribution in [-0.2, 0) is 0 Å². The van der Waals surface area contributed by atoms with Crippen molar-refractivity contribution in [2.75, 3.05) is 0 Å². The first-order valence-corrected chi connectivity index (χ1v) is 6.25. The molecule has 0 spiro atoms. The standard InChI is InChI=1S/C16H12ClN/c1-11-6-2-4-8-13(11)15-10-12-7-3-5-9-14(12)16(17)18-15/h2-10H,1H3. The third-order valence-electron chi connectivity index (χ3n) is 3.11. The molecule has 2 heteroatoms. The summed E-state index contributed by atoms with van der Waals surface area (Å²) in [4.78, 5) is 4.50. The van der Waals surface area contributed by atoms with Gasteiger partial charge >= 0.3 is 0 Å². The fourth-order valence-corrected chi connectivity index (χ4v) is 2.42. The summed E-state index contributed by atoms with van der Waals surface area (Å²) in [5.74, 6) is 0. The smallest absolute Gasteiger partial charge is 0.137 e. The zero-order valence-electron chi connectivity index (χ0n) is 10.0. The molecule has 3 aromatic rings. The van der Waals surface area contributed by atoms with E-state index >= 15 is 0 Å². The molecule has 0 bridgehead atoms. The van der Waals surface area contributed by atoms with Gasteiger partial charge in [0.15, 0.2) is 0 Å². The second kappa shape index (κ2) is 4.43. The number of pyridine rings is 1. The summed E-state index contributed by atoms with van der Waals surface area (Å²) in [5, 5.41) is 2.68. The first-order valence-electron chi connectivity index (χ1n) is 5.87. The summed E-state index contributed by atoms with van der Waals surface area (Å²) in [6, 6.07) is 18.3. The van der Waals surface area contributed by atoms with Crippen molar-refractivity contribution in [1.29, 1.82) is 0 Å². The number of fused-ring (bicyclic) bond motifs is 1. The van der Waals surface area contributed by atoms with E-state index < -0.39 is 0 Å². The van der Waals surface area contributed by atoms with E-state index in [1.54, 1.807) is 0 Å². The normalized spacial score (nSPS) is 10.8. The van der Waals surface area contributed by atoms with Crippen LogP contribution in [0.4, 0.5) is 0 Å². The molecular formula is C16H12ClN. The Morgan fingerprint density at radius 3 is 2.50 bits per heavy atom. The van der Waals surface area contributed by atoms with Gasteiger partial charge in [0.2, 0.25) is 0 Å². The number of benzene rings is 2. The summed E-state index contributed by atoms with van der Waals surface area (Å²) in [5.41, 5.74) is 3.26. The van der Waals surface area contributed by atoms with Crippen molar-refractivity contribution >= 4 is 22.4 Å². The van der Waals surface area contributed by atoms with Crippen LogP contribution in [0, 0.1) is 6.92 Å². The minimum Gasteiger partial charge on any atom is -0.235 e. The van der Waals surface area contributed by atoms with Crippen molar-refractivity contribution in [3.63, 3.8) is 0 Å². The van der Waals surface area contributed by atoms with E-state index in [-0.39, 0.29) is 0 Å². The number of halogens is 1. The Labute approximate surface area is 111 Å². The lowest BCUT2D eigenvalue weighted by atomic mass is 10.0. The number of hydrogen-bond donors (Lipinski definition) is 0. The molecule has 0 aliphatic heterocycles. The quantitative estimate of drug-likeness (QED) is 0.564. The highest BCUT2D eigenvalue weighted by atomic mass is 35.5.